The minimum atomic E-state index is -3.54. The lowest BCUT2D eigenvalue weighted by molar-refractivity contribution is 0.407. The zero-order chi connectivity index (χ0) is 14.9. The Morgan fingerprint density at radius 3 is 2.71 bits per heavy atom. The molecule has 0 atom stereocenters. The van der Waals surface area contributed by atoms with E-state index >= 15 is 0 Å². The summed E-state index contributed by atoms with van der Waals surface area (Å²) in [6.45, 7) is 0.450. The second-order valence-electron chi connectivity index (χ2n) is 4.95. The van der Waals surface area contributed by atoms with Crippen molar-refractivity contribution in [2.45, 2.75) is 30.2 Å². The summed E-state index contributed by atoms with van der Waals surface area (Å²) in [5, 5.41) is 3.13. The van der Waals surface area contributed by atoms with Gasteiger partial charge in [-0.25, -0.2) is 13.4 Å². The van der Waals surface area contributed by atoms with E-state index in [4.69, 9.17) is 11.6 Å². The Labute approximate surface area is 133 Å². The summed E-state index contributed by atoms with van der Waals surface area (Å²) in [5.41, 5.74) is 0. The van der Waals surface area contributed by atoms with Gasteiger partial charge in [0.05, 0.1) is 10.0 Å². The van der Waals surface area contributed by atoms with Gasteiger partial charge in [0, 0.05) is 30.6 Å². The van der Waals surface area contributed by atoms with Crippen LogP contribution < -0.4 is 0 Å². The molecule has 1 aromatic carbocycles. The standard InChI is InChI=1S/C14H15ClN2O2S2/c15-12-3-1-2-4-13(12)21(18,19)17(11-5-6-11)9-7-14-16-8-10-20-14/h1-4,8,10-11H,5-7,9H2. The Hall–Kier alpha value is -0.950. The SMILES string of the molecule is O=S(=O)(c1ccccc1Cl)N(CCc1nccs1)C1CC1. The van der Waals surface area contributed by atoms with Crippen molar-refractivity contribution in [3.8, 4) is 0 Å². The highest BCUT2D eigenvalue weighted by Gasteiger charge is 2.38. The Morgan fingerprint density at radius 1 is 1.33 bits per heavy atom. The summed E-state index contributed by atoms with van der Waals surface area (Å²) in [6, 6.07) is 6.71. The molecular formula is C14H15ClN2O2S2. The summed E-state index contributed by atoms with van der Waals surface area (Å²) >= 11 is 7.61. The molecule has 1 heterocycles. The fourth-order valence-electron chi connectivity index (χ4n) is 2.22. The van der Waals surface area contributed by atoms with E-state index in [1.807, 2.05) is 5.38 Å². The van der Waals surface area contributed by atoms with Crippen molar-refractivity contribution < 1.29 is 8.42 Å². The van der Waals surface area contributed by atoms with Crippen molar-refractivity contribution in [2.24, 2.45) is 0 Å². The first-order valence-electron chi connectivity index (χ1n) is 6.74. The number of benzene rings is 1. The van der Waals surface area contributed by atoms with Crippen LogP contribution in [0.2, 0.25) is 5.02 Å². The van der Waals surface area contributed by atoms with E-state index in [1.165, 1.54) is 0 Å². The molecule has 0 N–H and O–H groups in total. The van der Waals surface area contributed by atoms with Crippen LogP contribution in [0.1, 0.15) is 17.8 Å². The maximum absolute atomic E-state index is 12.8. The molecule has 1 aromatic heterocycles. The maximum Gasteiger partial charge on any atom is 0.244 e. The molecule has 0 amide bonds. The number of sulfonamides is 1. The highest BCUT2D eigenvalue weighted by atomic mass is 35.5. The molecule has 0 aliphatic heterocycles. The molecule has 0 spiro atoms. The van der Waals surface area contributed by atoms with Crippen LogP contribution in [-0.2, 0) is 16.4 Å². The summed E-state index contributed by atoms with van der Waals surface area (Å²) in [5.74, 6) is 0. The second kappa shape index (κ2) is 6.04. The molecule has 1 fully saturated rings. The van der Waals surface area contributed by atoms with Gasteiger partial charge in [-0.3, -0.25) is 0 Å². The van der Waals surface area contributed by atoms with Crippen molar-refractivity contribution in [3.05, 3.63) is 45.9 Å². The van der Waals surface area contributed by atoms with Gasteiger partial charge in [-0.1, -0.05) is 23.7 Å². The van der Waals surface area contributed by atoms with E-state index in [-0.39, 0.29) is 16.0 Å². The lowest BCUT2D eigenvalue weighted by Crippen LogP contribution is -2.35. The van der Waals surface area contributed by atoms with Crippen LogP contribution >= 0.6 is 22.9 Å². The number of hydrogen-bond acceptors (Lipinski definition) is 4. The molecule has 1 aliphatic rings. The summed E-state index contributed by atoms with van der Waals surface area (Å²) in [4.78, 5) is 4.40. The maximum atomic E-state index is 12.8. The number of aromatic nitrogens is 1. The van der Waals surface area contributed by atoms with E-state index in [2.05, 4.69) is 4.98 Å². The molecule has 2 aromatic rings. The first-order valence-corrected chi connectivity index (χ1v) is 9.43. The summed E-state index contributed by atoms with van der Waals surface area (Å²) < 4.78 is 27.2. The zero-order valence-electron chi connectivity index (χ0n) is 11.3. The molecule has 0 saturated heterocycles. The van der Waals surface area contributed by atoms with E-state index in [0.717, 1.165) is 17.8 Å². The predicted octanol–water partition coefficient (Wildman–Crippen LogP) is 3.19. The average Bonchev–Trinajstić information content (AvgIpc) is 3.14. The monoisotopic (exact) mass is 342 g/mol. The third kappa shape index (κ3) is 3.29. The smallest absolute Gasteiger partial charge is 0.244 e. The summed E-state index contributed by atoms with van der Waals surface area (Å²) in [7, 11) is -3.54. The Morgan fingerprint density at radius 2 is 2.10 bits per heavy atom. The molecule has 7 heteroatoms. The van der Waals surface area contributed by atoms with Crippen LogP contribution in [0.4, 0.5) is 0 Å². The molecule has 1 saturated carbocycles. The molecule has 0 radical (unpaired) electrons. The van der Waals surface area contributed by atoms with Gasteiger partial charge in [0.25, 0.3) is 0 Å². The molecule has 1 aliphatic carbocycles. The lowest BCUT2D eigenvalue weighted by atomic mass is 10.4. The molecule has 3 rings (SSSR count). The minimum Gasteiger partial charge on any atom is -0.250 e. The Bertz CT molecular complexity index is 712. The Kier molecular flexibility index (Phi) is 4.31. The number of nitrogens with zero attached hydrogens (tertiary/aromatic N) is 2. The van der Waals surface area contributed by atoms with Crippen LogP contribution in [0.3, 0.4) is 0 Å². The molecule has 4 nitrogen and oxygen atoms in total. The van der Waals surface area contributed by atoms with Crippen LogP contribution in [0.25, 0.3) is 0 Å². The van der Waals surface area contributed by atoms with Gasteiger partial charge in [-0.05, 0) is 25.0 Å². The predicted molar refractivity (Wildman–Crippen MR) is 84.2 cm³/mol. The van der Waals surface area contributed by atoms with Gasteiger partial charge >= 0.3 is 0 Å². The number of halogens is 1. The quantitative estimate of drug-likeness (QED) is 0.810. The average molecular weight is 343 g/mol. The molecule has 21 heavy (non-hydrogen) atoms. The van der Waals surface area contributed by atoms with Gasteiger partial charge in [-0.15, -0.1) is 11.3 Å². The van der Waals surface area contributed by atoms with E-state index < -0.39 is 10.0 Å². The van der Waals surface area contributed by atoms with Crippen LogP contribution in [-0.4, -0.2) is 30.3 Å². The van der Waals surface area contributed by atoms with Gasteiger partial charge in [-0.2, -0.15) is 4.31 Å². The Balaban J connectivity index is 1.84. The van der Waals surface area contributed by atoms with Gasteiger partial charge in [0.15, 0.2) is 0 Å². The largest absolute Gasteiger partial charge is 0.250 e. The first kappa shape index (κ1) is 15.0. The van der Waals surface area contributed by atoms with Crippen LogP contribution in [0.5, 0.6) is 0 Å². The van der Waals surface area contributed by atoms with Crippen molar-refractivity contribution >= 4 is 33.0 Å². The highest BCUT2D eigenvalue weighted by molar-refractivity contribution is 7.89. The third-order valence-corrected chi connectivity index (χ3v) is 6.70. The first-order chi connectivity index (χ1) is 10.1. The fourth-order valence-corrected chi connectivity index (χ4v) is 5.01. The highest BCUT2D eigenvalue weighted by Crippen LogP contribution is 2.34. The van der Waals surface area contributed by atoms with Crippen LogP contribution in [0.15, 0.2) is 40.7 Å². The van der Waals surface area contributed by atoms with Gasteiger partial charge in [0.2, 0.25) is 10.0 Å². The van der Waals surface area contributed by atoms with E-state index in [1.54, 1.807) is 46.1 Å². The van der Waals surface area contributed by atoms with Crippen LogP contribution in [0, 0.1) is 0 Å². The number of rotatable bonds is 6. The normalized spacial score (nSPS) is 15.5. The zero-order valence-corrected chi connectivity index (χ0v) is 13.7. The molecule has 0 bridgehead atoms. The summed E-state index contributed by atoms with van der Waals surface area (Å²) in [6.07, 6.45) is 4.21. The van der Waals surface area contributed by atoms with Gasteiger partial charge in [0.1, 0.15) is 4.90 Å². The van der Waals surface area contributed by atoms with Crippen molar-refractivity contribution in [1.82, 2.24) is 9.29 Å². The van der Waals surface area contributed by atoms with Crippen molar-refractivity contribution in [2.75, 3.05) is 6.54 Å². The second-order valence-corrected chi connectivity index (χ2v) is 8.20. The number of hydrogen-bond donors (Lipinski definition) is 0. The fraction of sp³-hybridized carbons (Fsp3) is 0.357. The third-order valence-electron chi connectivity index (χ3n) is 3.41. The van der Waals surface area contributed by atoms with E-state index in [9.17, 15) is 8.42 Å². The van der Waals surface area contributed by atoms with Gasteiger partial charge < -0.3 is 0 Å². The lowest BCUT2D eigenvalue weighted by Gasteiger charge is -2.22. The number of thiazole rings is 1. The topological polar surface area (TPSA) is 50.3 Å². The van der Waals surface area contributed by atoms with Crippen molar-refractivity contribution in [1.29, 1.82) is 0 Å². The molecule has 0 unspecified atom stereocenters. The van der Waals surface area contributed by atoms with E-state index in [0.29, 0.717) is 13.0 Å². The molecule has 112 valence electrons. The van der Waals surface area contributed by atoms with Crippen molar-refractivity contribution in [3.63, 3.8) is 0 Å². The minimum absolute atomic E-state index is 0.103. The molecular weight excluding hydrogens is 328 g/mol.